The molecule has 0 fully saturated rings. The van der Waals surface area contributed by atoms with E-state index in [9.17, 15) is 4.79 Å². The van der Waals surface area contributed by atoms with Crippen molar-refractivity contribution in [2.24, 2.45) is 0 Å². The minimum absolute atomic E-state index is 0.271. The molecule has 88 valence electrons. The number of hydrogen-bond acceptors (Lipinski definition) is 3. The van der Waals surface area contributed by atoms with Crippen molar-refractivity contribution in [2.75, 3.05) is 12.8 Å². The molecule has 4 heteroatoms. The molecule has 2 unspecified atom stereocenters. The molecule has 0 amide bonds. The average Bonchev–Trinajstić information content (AvgIpc) is 2.23. The summed E-state index contributed by atoms with van der Waals surface area (Å²) in [4.78, 5) is 10.9. The summed E-state index contributed by atoms with van der Waals surface area (Å²) in [5, 5.41) is 0. The lowest BCUT2D eigenvalue weighted by atomic mass is 10.6. The minimum Gasteiger partial charge on any atom is -0.467 e. The molecule has 0 saturated carbocycles. The van der Waals surface area contributed by atoms with Gasteiger partial charge in [-0.2, -0.15) is 0 Å². The van der Waals surface area contributed by atoms with Gasteiger partial charge in [0.15, 0.2) is 0 Å². The molecule has 0 spiro atoms. The molecule has 3 nitrogen and oxygen atoms in total. The van der Waals surface area contributed by atoms with E-state index in [0.29, 0.717) is 6.23 Å². The molecule has 0 aromatic carbocycles. The Labute approximate surface area is 94.1 Å². The van der Waals surface area contributed by atoms with Crippen LogP contribution in [0.4, 0.5) is 0 Å². The third kappa shape index (κ3) is 6.46. The van der Waals surface area contributed by atoms with Crippen molar-refractivity contribution >= 4 is 14.8 Å². The number of hydrogen-bond donors (Lipinski definition) is 0. The number of ether oxygens (including phenoxy) is 2. The minimum atomic E-state index is -1.13. The van der Waals surface area contributed by atoms with Gasteiger partial charge in [0.25, 0.3) is 0 Å². The summed E-state index contributed by atoms with van der Waals surface area (Å²) in [5.74, 6) is -0.327. The quantitative estimate of drug-likeness (QED) is 0.363. The van der Waals surface area contributed by atoms with Crippen LogP contribution in [-0.2, 0) is 14.3 Å². The molecule has 0 aromatic heterocycles. The van der Waals surface area contributed by atoms with Crippen molar-refractivity contribution in [1.82, 2.24) is 0 Å². The van der Waals surface area contributed by atoms with E-state index >= 15 is 0 Å². The summed E-state index contributed by atoms with van der Waals surface area (Å²) in [6.45, 7) is 10.3. The Hall–Kier alpha value is -0.613. The van der Waals surface area contributed by atoms with E-state index in [1.54, 1.807) is 0 Å². The third-order valence-electron chi connectivity index (χ3n) is 2.36. The Morgan fingerprint density at radius 3 is 2.67 bits per heavy atom. The SMILES string of the molecule is C=CC(=O)OC[SiH](CCC)C(C)OCC. The standard InChI is InChI=1S/C11H22O3Si/c1-5-8-15(10(4)13-7-3)9-14-11(12)6-2/h6,10,15H,2,5,7-9H2,1,3-4H3. The monoisotopic (exact) mass is 230 g/mol. The van der Waals surface area contributed by atoms with Crippen LogP contribution in [0.5, 0.6) is 0 Å². The summed E-state index contributed by atoms with van der Waals surface area (Å²) in [6, 6.07) is 1.14. The molecule has 2 atom stereocenters. The maximum Gasteiger partial charge on any atom is 0.329 e. The van der Waals surface area contributed by atoms with E-state index in [0.717, 1.165) is 19.1 Å². The molecule has 0 N–H and O–H groups in total. The average molecular weight is 230 g/mol. The molecular weight excluding hydrogens is 208 g/mol. The van der Waals surface area contributed by atoms with Crippen molar-refractivity contribution in [3.8, 4) is 0 Å². The molecule has 0 saturated heterocycles. The van der Waals surface area contributed by atoms with E-state index in [1.165, 1.54) is 6.08 Å². The topological polar surface area (TPSA) is 35.5 Å². The summed E-state index contributed by atoms with van der Waals surface area (Å²) >= 11 is 0. The Bertz CT molecular complexity index is 194. The van der Waals surface area contributed by atoms with Crippen LogP contribution in [0.2, 0.25) is 6.04 Å². The smallest absolute Gasteiger partial charge is 0.329 e. The molecular formula is C11H22O3Si. The lowest BCUT2D eigenvalue weighted by Crippen LogP contribution is -2.36. The highest BCUT2D eigenvalue weighted by molar-refractivity contribution is 6.60. The first-order valence-corrected chi connectivity index (χ1v) is 7.86. The summed E-state index contributed by atoms with van der Waals surface area (Å²) < 4.78 is 10.7. The Balaban J connectivity index is 4.01. The van der Waals surface area contributed by atoms with Gasteiger partial charge in [-0.15, -0.1) is 0 Å². The zero-order valence-corrected chi connectivity index (χ0v) is 11.1. The highest BCUT2D eigenvalue weighted by atomic mass is 28.3. The molecule has 0 heterocycles. The first-order chi connectivity index (χ1) is 7.15. The zero-order chi connectivity index (χ0) is 11.7. The van der Waals surface area contributed by atoms with Crippen LogP contribution in [0.15, 0.2) is 12.7 Å². The summed E-state index contributed by atoms with van der Waals surface area (Å²) in [7, 11) is -1.13. The number of esters is 1. The van der Waals surface area contributed by atoms with Gasteiger partial charge in [0.1, 0.15) is 8.80 Å². The van der Waals surface area contributed by atoms with Crippen molar-refractivity contribution in [3.63, 3.8) is 0 Å². The van der Waals surface area contributed by atoms with Crippen molar-refractivity contribution in [2.45, 2.75) is 39.0 Å². The number of carbonyl (C=O) groups excluding carboxylic acids is 1. The fourth-order valence-corrected chi connectivity index (χ4v) is 3.96. The molecule has 0 aliphatic rings. The second kappa shape index (κ2) is 8.68. The highest BCUT2D eigenvalue weighted by Crippen LogP contribution is 2.07. The van der Waals surface area contributed by atoms with Crippen molar-refractivity contribution < 1.29 is 14.3 Å². The largest absolute Gasteiger partial charge is 0.467 e. The van der Waals surface area contributed by atoms with E-state index in [1.807, 2.05) is 6.92 Å². The van der Waals surface area contributed by atoms with Crippen LogP contribution in [-0.4, -0.2) is 33.3 Å². The maximum absolute atomic E-state index is 10.9. The summed E-state index contributed by atoms with van der Waals surface area (Å²) in [6.07, 6.45) is 2.89. The molecule has 0 aliphatic heterocycles. The Morgan fingerprint density at radius 2 is 2.20 bits per heavy atom. The molecule has 15 heavy (non-hydrogen) atoms. The first-order valence-electron chi connectivity index (χ1n) is 5.56. The summed E-state index contributed by atoms with van der Waals surface area (Å²) in [5.41, 5.74) is 0.271. The fraction of sp³-hybridized carbons (Fsp3) is 0.727. The van der Waals surface area contributed by atoms with Crippen molar-refractivity contribution in [3.05, 3.63) is 12.7 Å². The van der Waals surface area contributed by atoms with Crippen LogP contribution in [0.25, 0.3) is 0 Å². The van der Waals surface area contributed by atoms with E-state index < -0.39 is 8.80 Å². The van der Waals surface area contributed by atoms with E-state index in [2.05, 4.69) is 20.4 Å². The van der Waals surface area contributed by atoms with Crippen LogP contribution < -0.4 is 0 Å². The van der Waals surface area contributed by atoms with E-state index in [-0.39, 0.29) is 11.7 Å². The lowest BCUT2D eigenvalue weighted by Gasteiger charge is -2.21. The van der Waals surface area contributed by atoms with Crippen LogP contribution in [0, 0.1) is 0 Å². The number of rotatable bonds is 8. The second-order valence-electron chi connectivity index (χ2n) is 3.54. The van der Waals surface area contributed by atoms with Gasteiger partial charge in [0.2, 0.25) is 0 Å². The third-order valence-corrected chi connectivity index (χ3v) is 5.79. The van der Waals surface area contributed by atoms with Crippen molar-refractivity contribution in [1.29, 1.82) is 0 Å². The Morgan fingerprint density at radius 1 is 1.53 bits per heavy atom. The fourth-order valence-electron chi connectivity index (χ4n) is 1.47. The van der Waals surface area contributed by atoms with Crippen LogP contribution in [0.3, 0.4) is 0 Å². The van der Waals surface area contributed by atoms with Crippen LogP contribution >= 0.6 is 0 Å². The van der Waals surface area contributed by atoms with Crippen LogP contribution in [0.1, 0.15) is 27.2 Å². The van der Waals surface area contributed by atoms with E-state index in [4.69, 9.17) is 9.47 Å². The van der Waals surface area contributed by atoms with Gasteiger partial charge >= 0.3 is 5.97 Å². The molecule has 0 bridgehead atoms. The maximum atomic E-state index is 10.9. The molecule has 0 aliphatic carbocycles. The first kappa shape index (κ1) is 14.4. The molecule has 0 aromatic rings. The van der Waals surface area contributed by atoms with Gasteiger partial charge in [-0.05, 0) is 13.8 Å². The van der Waals surface area contributed by atoms with Gasteiger partial charge in [-0.1, -0.05) is 26.0 Å². The van der Waals surface area contributed by atoms with Gasteiger partial charge in [0, 0.05) is 18.4 Å². The van der Waals surface area contributed by atoms with Gasteiger partial charge in [-0.3, -0.25) is 0 Å². The predicted octanol–water partition coefficient (Wildman–Crippen LogP) is 1.86. The van der Waals surface area contributed by atoms with Gasteiger partial charge in [0.05, 0.1) is 6.23 Å². The highest BCUT2D eigenvalue weighted by Gasteiger charge is 2.20. The molecule has 0 radical (unpaired) electrons. The number of carbonyl (C=O) groups is 1. The lowest BCUT2D eigenvalue weighted by molar-refractivity contribution is -0.136. The molecule has 0 rings (SSSR count). The zero-order valence-electron chi connectivity index (χ0n) is 9.99. The normalized spacial score (nSPS) is 14.3. The van der Waals surface area contributed by atoms with Gasteiger partial charge in [-0.25, -0.2) is 4.79 Å². The Kier molecular flexibility index (Phi) is 8.32. The predicted molar refractivity (Wildman–Crippen MR) is 64.5 cm³/mol. The van der Waals surface area contributed by atoms with Gasteiger partial charge < -0.3 is 9.47 Å². The second-order valence-corrected chi connectivity index (χ2v) is 6.91.